The molecule has 0 saturated carbocycles. The first kappa shape index (κ1) is 16.2. The zero-order valence-corrected chi connectivity index (χ0v) is 12.4. The first-order valence-corrected chi connectivity index (χ1v) is 6.98. The first-order chi connectivity index (χ1) is 9.62. The van der Waals surface area contributed by atoms with E-state index in [4.69, 9.17) is 5.11 Å². The quantitative estimate of drug-likeness (QED) is 0.808. The van der Waals surface area contributed by atoms with E-state index in [1.807, 2.05) is 0 Å². The number of aromatic nitrogens is 1. The van der Waals surface area contributed by atoms with Gasteiger partial charge in [0.15, 0.2) is 0 Å². The summed E-state index contributed by atoms with van der Waals surface area (Å²) in [5.74, 6) is 5.17. The summed E-state index contributed by atoms with van der Waals surface area (Å²) in [4.78, 5) is 16.4. The van der Waals surface area contributed by atoms with E-state index in [1.54, 1.807) is 18.5 Å². The van der Waals surface area contributed by atoms with Gasteiger partial charge in [0.25, 0.3) is 5.91 Å². The molecule has 0 atom stereocenters. The van der Waals surface area contributed by atoms with Crippen molar-refractivity contribution in [1.82, 2.24) is 10.3 Å². The minimum atomic E-state index is -0.237. The van der Waals surface area contributed by atoms with Gasteiger partial charge in [0.1, 0.15) is 6.61 Å². The van der Waals surface area contributed by atoms with Gasteiger partial charge in [0.05, 0.1) is 11.1 Å². The molecule has 0 bridgehead atoms. The Labute approximate surface area is 120 Å². The van der Waals surface area contributed by atoms with Crippen LogP contribution in [0.3, 0.4) is 0 Å². The number of rotatable bonds is 5. The van der Waals surface area contributed by atoms with Crippen LogP contribution in [-0.2, 0) is 0 Å². The van der Waals surface area contributed by atoms with Crippen LogP contribution in [0.1, 0.15) is 56.0 Å². The number of amides is 1. The zero-order chi connectivity index (χ0) is 15.0. The third-order valence-corrected chi connectivity index (χ3v) is 3.78. The summed E-state index contributed by atoms with van der Waals surface area (Å²) in [7, 11) is 0. The molecular weight excluding hydrogens is 252 g/mol. The van der Waals surface area contributed by atoms with Crippen LogP contribution in [0, 0.1) is 11.8 Å². The van der Waals surface area contributed by atoms with E-state index in [9.17, 15) is 4.79 Å². The molecule has 108 valence electrons. The second-order valence-electron chi connectivity index (χ2n) is 4.68. The second-order valence-corrected chi connectivity index (χ2v) is 4.68. The van der Waals surface area contributed by atoms with Crippen molar-refractivity contribution in [2.75, 3.05) is 6.61 Å². The van der Waals surface area contributed by atoms with Gasteiger partial charge in [-0.2, -0.15) is 0 Å². The van der Waals surface area contributed by atoms with E-state index in [0.717, 1.165) is 19.3 Å². The van der Waals surface area contributed by atoms with Crippen LogP contribution in [0.25, 0.3) is 0 Å². The molecular formula is C16H22N2O2. The van der Waals surface area contributed by atoms with E-state index in [2.05, 4.69) is 42.9 Å². The molecule has 0 saturated heterocycles. The van der Waals surface area contributed by atoms with Crippen LogP contribution in [-0.4, -0.2) is 28.1 Å². The molecule has 1 amide bonds. The van der Waals surface area contributed by atoms with Crippen molar-refractivity contribution in [1.29, 1.82) is 0 Å². The molecule has 0 aromatic carbocycles. The lowest BCUT2D eigenvalue weighted by Crippen LogP contribution is -2.47. The van der Waals surface area contributed by atoms with Gasteiger partial charge in [0.2, 0.25) is 0 Å². The standard InChI is InChI=1S/C16H22N2O2/c1-4-16(5-2,6-3)18-15(20)14-9-10-17-12-13(14)8-7-11-19/h9-10,12,19H,4-6,11H2,1-3H3,(H,18,20). The van der Waals surface area contributed by atoms with Gasteiger partial charge in [0, 0.05) is 17.9 Å². The van der Waals surface area contributed by atoms with Crippen LogP contribution in [0.2, 0.25) is 0 Å². The molecule has 0 fully saturated rings. The number of aliphatic hydroxyl groups excluding tert-OH is 1. The van der Waals surface area contributed by atoms with Gasteiger partial charge in [-0.05, 0) is 25.3 Å². The minimum absolute atomic E-state index is 0.139. The Kier molecular flexibility index (Phi) is 6.20. The summed E-state index contributed by atoms with van der Waals surface area (Å²) < 4.78 is 0. The van der Waals surface area contributed by atoms with E-state index in [0.29, 0.717) is 11.1 Å². The molecule has 0 aliphatic rings. The predicted molar refractivity (Wildman–Crippen MR) is 79.3 cm³/mol. The fraction of sp³-hybridized carbons (Fsp3) is 0.500. The molecule has 0 radical (unpaired) electrons. The highest BCUT2D eigenvalue weighted by atomic mass is 16.2. The van der Waals surface area contributed by atoms with Crippen LogP contribution in [0.15, 0.2) is 18.5 Å². The summed E-state index contributed by atoms with van der Waals surface area (Å²) >= 11 is 0. The van der Waals surface area contributed by atoms with Crippen molar-refractivity contribution in [2.45, 2.75) is 45.6 Å². The van der Waals surface area contributed by atoms with Crippen LogP contribution < -0.4 is 5.32 Å². The van der Waals surface area contributed by atoms with E-state index >= 15 is 0 Å². The topological polar surface area (TPSA) is 62.2 Å². The van der Waals surface area contributed by atoms with Crippen molar-refractivity contribution in [3.8, 4) is 11.8 Å². The molecule has 2 N–H and O–H groups in total. The number of pyridine rings is 1. The molecule has 1 aromatic heterocycles. The fourth-order valence-corrected chi connectivity index (χ4v) is 2.15. The molecule has 0 unspecified atom stereocenters. The smallest absolute Gasteiger partial charge is 0.253 e. The summed E-state index contributed by atoms with van der Waals surface area (Å²) in [6.07, 6.45) is 5.77. The Hall–Kier alpha value is -1.86. The van der Waals surface area contributed by atoms with Gasteiger partial charge < -0.3 is 10.4 Å². The van der Waals surface area contributed by atoms with E-state index < -0.39 is 0 Å². The molecule has 1 aromatic rings. The number of carbonyl (C=O) groups is 1. The predicted octanol–water partition coefficient (Wildman–Crippen LogP) is 2.12. The monoisotopic (exact) mass is 274 g/mol. The fourth-order valence-electron chi connectivity index (χ4n) is 2.15. The Morgan fingerprint density at radius 2 is 2.00 bits per heavy atom. The third-order valence-electron chi connectivity index (χ3n) is 3.78. The van der Waals surface area contributed by atoms with Gasteiger partial charge in [-0.25, -0.2) is 0 Å². The van der Waals surface area contributed by atoms with Crippen LogP contribution in [0.5, 0.6) is 0 Å². The lowest BCUT2D eigenvalue weighted by Gasteiger charge is -2.32. The zero-order valence-electron chi connectivity index (χ0n) is 12.4. The highest BCUT2D eigenvalue weighted by Gasteiger charge is 2.26. The van der Waals surface area contributed by atoms with Crippen molar-refractivity contribution in [2.24, 2.45) is 0 Å². The lowest BCUT2D eigenvalue weighted by molar-refractivity contribution is 0.0888. The number of hydrogen-bond acceptors (Lipinski definition) is 3. The van der Waals surface area contributed by atoms with Crippen LogP contribution >= 0.6 is 0 Å². The number of nitrogens with one attached hydrogen (secondary N) is 1. The van der Waals surface area contributed by atoms with Crippen molar-refractivity contribution in [3.05, 3.63) is 29.6 Å². The van der Waals surface area contributed by atoms with E-state index in [-0.39, 0.29) is 18.1 Å². The van der Waals surface area contributed by atoms with Crippen LogP contribution in [0.4, 0.5) is 0 Å². The molecule has 20 heavy (non-hydrogen) atoms. The second kappa shape index (κ2) is 7.66. The Balaban J connectivity index is 3.03. The third kappa shape index (κ3) is 3.82. The number of carbonyl (C=O) groups excluding carboxylic acids is 1. The molecule has 1 rings (SSSR count). The van der Waals surface area contributed by atoms with Gasteiger partial charge in [-0.15, -0.1) is 0 Å². The molecule has 4 nitrogen and oxygen atoms in total. The Morgan fingerprint density at radius 3 is 2.55 bits per heavy atom. The summed E-state index contributed by atoms with van der Waals surface area (Å²) in [5.41, 5.74) is 0.860. The normalized spacial score (nSPS) is 10.6. The average molecular weight is 274 g/mol. The van der Waals surface area contributed by atoms with E-state index in [1.165, 1.54) is 0 Å². The van der Waals surface area contributed by atoms with Crippen molar-refractivity contribution >= 4 is 5.91 Å². The summed E-state index contributed by atoms with van der Waals surface area (Å²) in [5, 5.41) is 11.9. The highest BCUT2D eigenvalue weighted by molar-refractivity contribution is 5.97. The maximum atomic E-state index is 12.5. The summed E-state index contributed by atoms with van der Waals surface area (Å²) in [6, 6.07) is 1.66. The minimum Gasteiger partial charge on any atom is -0.384 e. The molecule has 0 spiro atoms. The lowest BCUT2D eigenvalue weighted by atomic mass is 9.89. The maximum absolute atomic E-state index is 12.5. The SMILES string of the molecule is CCC(CC)(CC)NC(=O)c1ccncc1C#CCO. The number of aliphatic hydroxyl groups is 1. The molecule has 0 aliphatic heterocycles. The first-order valence-electron chi connectivity index (χ1n) is 6.98. The largest absolute Gasteiger partial charge is 0.384 e. The highest BCUT2D eigenvalue weighted by Crippen LogP contribution is 2.20. The molecule has 4 heteroatoms. The van der Waals surface area contributed by atoms with Gasteiger partial charge >= 0.3 is 0 Å². The average Bonchev–Trinajstić information content (AvgIpc) is 2.51. The molecule has 1 heterocycles. The van der Waals surface area contributed by atoms with Gasteiger partial charge in [-0.3, -0.25) is 9.78 Å². The van der Waals surface area contributed by atoms with Gasteiger partial charge in [-0.1, -0.05) is 32.6 Å². The Bertz CT molecular complexity index is 502. The summed E-state index contributed by atoms with van der Waals surface area (Å²) in [6.45, 7) is 5.99. The molecule has 0 aliphatic carbocycles. The van der Waals surface area contributed by atoms with Crippen molar-refractivity contribution in [3.63, 3.8) is 0 Å². The Morgan fingerprint density at radius 1 is 1.35 bits per heavy atom. The van der Waals surface area contributed by atoms with Crippen molar-refractivity contribution < 1.29 is 9.90 Å². The number of hydrogen-bond donors (Lipinski definition) is 2. The maximum Gasteiger partial charge on any atom is 0.253 e. The number of nitrogens with zero attached hydrogens (tertiary/aromatic N) is 1.